The molecule has 0 bridgehead atoms. The first-order valence-electron chi connectivity index (χ1n) is 6.45. The molecular formula is C16H18FNO. The Kier molecular flexibility index (Phi) is 4.15. The number of hydrogen-bond donors (Lipinski definition) is 0. The molecule has 0 saturated carbocycles. The molecule has 0 spiro atoms. The molecule has 0 aliphatic heterocycles. The number of nitrogens with zero attached hydrogens (tertiary/aromatic N) is 1. The highest BCUT2D eigenvalue weighted by molar-refractivity contribution is 5.87. The molecule has 1 aliphatic carbocycles. The molecule has 1 aromatic carbocycles. The molecule has 100 valence electrons. The highest BCUT2D eigenvalue weighted by Crippen LogP contribution is 2.21. The topological polar surface area (TPSA) is 20.3 Å². The minimum absolute atomic E-state index is 0.116. The maximum atomic E-state index is 13.8. The average molecular weight is 259 g/mol. The van der Waals surface area contributed by atoms with Crippen LogP contribution in [0.1, 0.15) is 24.0 Å². The fourth-order valence-corrected chi connectivity index (χ4v) is 2.37. The summed E-state index contributed by atoms with van der Waals surface area (Å²) in [6, 6.07) is 5.09. The molecule has 0 heterocycles. The van der Waals surface area contributed by atoms with E-state index < -0.39 is 0 Å². The number of hydrogen-bond acceptors (Lipinski definition) is 1. The molecule has 1 aliphatic rings. The second-order valence-corrected chi connectivity index (χ2v) is 4.86. The van der Waals surface area contributed by atoms with Crippen LogP contribution in [0.25, 0.3) is 0 Å². The van der Waals surface area contributed by atoms with Gasteiger partial charge < -0.3 is 4.90 Å². The van der Waals surface area contributed by atoms with Gasteiger partial charge in [0.2, 0.25) is 5.91 Å². The molecular weight excluding hydrogens is 241 g/mol. The lowest BCUT2D eigenvalue weighted by Gasteiger charge is -2.28. The van der Waals surface area contributed by atoms with Crippen molar-refractivity contribution in [1.82, 2.24) is 4.90 Å². The van der Waals surface area contributed by atoms with Crippen molar-refractivity contribution >= 4 is 5.91 Å². The summed E-state index contributed by atoms with van der Waals surface area (Å²) in [6.07, 6.45) is 7.06. The number of amides is 1. The predicted octanol–water partition coefficient (Wildman–Crippen LogP) is 3.37. The Morgan fingerprint density at radius 2 is 2.16 bits per heavy atom. The first-order valence-corrected chi connectivity index (χ1v) is 6.45. The maximum absolute atomic E-state index is 13.8. The van der Waals surface area contributed by atoms with Gasteiger partial charge in [0.25, 0.3) is 0 Å². The Bertz CT molecular complexity index is 513. The quantitative estimate of drug-likeness (QED) is 0.599. The molecule has 2 nitrogen and oxygen atoms in total. The van der Waals surface area contributed by atoms with Crippen LogP contribution in [0.3, 0.4) is 0 Å². The largest absolute Gasteiger partial charge is 0.331 e. The number of aryl methyl sites for hydroxylation is 1. The van der Waals surface area contributed by atoms with E-state index in [1.54, 1.807) is 17.0 Å². The van der Waals surface area contributed by atoms with Gasteiger partial charge in [-0.1, -0.05) is 36.4 Å². The molecule has 3 heteroatoms. The maximum Gasteiger partial charge on any atom is 0.246 e. The number of benzene rings is 1. The van der Waals surface area contributed by atoms with E-state index in [9.17, 15) is 9.18 Å². The van der Waals surface area contributed by atoms with Crippen molar-refractivity contribution in [3.8, 4) is 0 Å². The van der Waals surface area contributed by atoms with E-state index in [0.717, 1.165) is 18.4 Å². The molecule has 1 aromatic rings. The number of carbonyl (C=O) groups excluding carboxylic acids is 1. The van der Waals surface area contributed by atoms with Gasteiger partial charge >= 0.3 is 0 Å². The second-order valence-electron chi connectivity index (χ2n) is 4.86. The molecule has 2 rings (SSSR count). The van der Waals surface area contributed by atoms with Gasteiger partial charge in [-0.2, -0.15) is 0 Å². The van der Waals surface area contributed by atoms with Crippen molar-refractivity contribution in [3.05, 3.63) is 60.0 Å². The summed E-state index contributed by atoms with van der Waals surface area (Å²) in [6.45, 7) is 5.74. The lowest BCUT2D eigenvalue weighted by molar-refractivity contribution is -0.128. The van der Waals surface area contributed by atoms with Gasteiger partial charge in [0, 0.05) is 18.2 Å². The first-order chi connectivity index (χ1) is 9.11. The Morgan fingerprint density at radius 3 is 2.79 bits per heavy atom. The van der Waals surface area contributed by atoms with E-state index in [2.05, 4.69) is 18.7 Å². The molecule has 0 saturated heterocycles. The first kappa shape index (κ1) is 13.5. The van der Waals surface area contributed by atoms with E-state index in [1.807, 2.05) is 6.92 Å². The summed E-state index contributed by atoms with van der Waals surface area (Å²) in [5.41, 5.74) is 1.55. The van der Waals surface area contributed by atoms with Gasteiger partial charge in [-0.25, -0.2) is 4.39 Å². The normalized spacial score (nSPS) is 14.6. The minimum Gasteiger partial charge on any atom is -0.331 e. The zero-order chi connectivity index (χ0) is 13.8. The Labute approximate surface area is 113 Å². The van der Waals surface area contributed by atoms with Gasteiger partial charge in [0.15, 0.2) is 0 Å². The Hall–Kier alpha value is -1.90. The fourth-order valence-electron chi connectivity index (χ4n) is 2.37. The standard InChI is InChI=1S/C16H18FNO/c1-3-16(19)18(14-6-4-5-7-14)11-13-10-12(2)8-9-15(13)17/h3-5,8-10,14H,1,6-7,11H2,2H3. The van der Waals surface area contributed by atoms with Crippen LogP contribution in [0.5, 0.6) is 0 Å². The van der Waals surface area contributed by atoms with Crippen LogP contribution in [0.4, 0.5) is 4.39 Å². The van der Waals surface area contributed by atoms with Crippen LogP contribution < -0.4 is 0 Å². The molecule has 0 fully saturated rings. The summed E-state index contributed by atoms with van der Waals surface area (Å²) < 4.78 is 13.8. The summed E-state index contributed by atoms with van der Waals surface area (Å²) >= 11 is 0. The molecule has 19 heavy (non-hydrogen) atoms. The van der Waals surface area contributed by atoms with Crippen LogP contribution in [0.15, 0.2) is 43.0 Å². The highest BCUT2D eigenvalue weighted by atomic mass is 19.1. The highest BCUT2D eigenvalue weighted by Gasteiger charge is 2.23. The zero-order valence-corrected chi connectivity index (χ0v) is 11.1. The van der Waals surface area contributed by atoms with Crippen molar-refractivity contribution in [2.24, 2.45) is 0 Å². The van der Waals surface area contributed by atoms with Gasteiger partial charge in [-0.15, -0.1) is 0 Å². The Morgan fingerprint density at radius 1 is 1.47 bits per heavy atom. The van der Waals surface area contributed by atoms with E-state index in [0.29, 0.717) is 12.1 Å². The lowest BCUT2D eigenvalue weighted by Crippen LogP contribution is -2.37. The molecule has 0 N–H and O–H groups in total. The minimum atomic E-state index is -0.265. The smallest absolute Gasteiger partial charge is 0.246 e. The van der Waals surface area contributed by atoms with Crippen molar-refractivity contribution in [3.63, 3.8) is 0 Å². The van der Waals surface area contributed by atoms with E-state index in [-0.39, 0.29) is 17.8 Å². The van der Waals surface area contributed by atoms with Crippen LogP contribution in [-0.2, 0) is 11.3 Å². The van der Waals surface area contributed by atoms with Crippen molar-refractivity contribution < 1.29 is 9.18 Å². The molecule has 0 atom stereocenters. The fraction of sp³-hybridized carbons (Fsp3) is 0.312. The molecule has 0 radical (unpaired) electrons. The lowest BCUT2D eigenvalue weighted by atomic mass is 10.1. The van der Waals surface area contributed by atoms with E-state index in [1.165, 1.54) is 12.1 Å². The van der Waals surface area contributed by atoms with Gasteiger partial charge in [-0.05, 0) is 31.9 Å². The summed E-state index contributed by atoms with van der Waals surface area (Å²) in [7, 11) is 0. The van der Waals surface area contributed by atoms with Gasteiger partial charge in [0.05, 0.1) is 0 Å². The van der Waals surface area contributed by atoms with Crippen molar-refractivity contribution in [2.75, 3.05) is 0 Å². The number of rotatable bonds is 4. The van der Waals surface area contributed by atoms with Crippen molar-refractivity contribution in [2.45, 2.75) is 32.4 Å². The SMILES string of the molecule is C=CC(=O)N(Cc1cc(C)ccc1F)C1CC=CC1. The Balaban J connectivity index is 2.22. The zero-order valence-electron chi connectivity index (χ0n) is 11.1. The summed E-state index contributed by atoms with van der Waals surface area (Å²) in [5.74, 6) is -0.409. The van der Waals surface area contributed by atoms with Gasteiger partial charge in [0.1, 0.15) is 5.82 Å². The predicted molar refractivity (Wildman–Crippen MR) is 74.0 cm³/mol. The number of carbonyl (C=O) groups is 1. The van der Waals surface area contributed by atoms with E-state index in [4.69, 9.17) is 0 Å². The van der Waals surface area contributed by atoms with E-state index >= 15 is 0 Å². The van der Waals surface area contributed by atoms with Crippen molar-refractivity contribution in [1.29, 1.82) is 0 Å². The molecule has 1 amide bonds. The second kappa shape index (κ2) is 5.83. The van der Waals surface area contributed by atoms with Gasteiger partial charge in [-0.3, -0.25) is 4.79 Å². The van der Waals surface area contributed by atoms with Crippen LogP contribution in [0.2, 0.25) is 0 Å². The summed E-state index contributed by atoms with van der Waals surface area (Å²) in [5, 5.41) is 0. The molecule has 0 aromatic heterocycles. The molecule has 0 unspecified atom stereocenters. The summed E-state index contributed by atoms with van der Waals surface area (Å²) in [4.78, 5) is 13.7. The average Bonchev–Trinajstić information content (AvgIpc) is 2.92. The van der Waals surface area contributed by atoms with Crippen LogP contribution >= 0.6 is 0 Å². The number of halogens is 1. The third-order valence-corrected chi connectivity index (χ3v) is 3.42. The third kappa shape index (κ3) is 3.11. The monoisotopic (exact) mass is 259 g/mol. The van der Waals surface area contributed by atoms with Crippen LogP contribution in [0, 0.1) is 12.7 Å². The third-order valence-electron chi connectivity index (χ3n) is 3.42. The van der Waals surface area contributed by atoms with Crippen LogP contribution in [-0.4, -0.2) is 16.8 Å².